The fraction of sp³-hybridized carbons (Fsp3) is 0.0179. The van der Waals surface area contributed by atoms with Crippen molar-refractivity contribution in [3.8, 4) is 56.4 Å². The minimum absolute atomic E-state index is 0.550. The molecule has 0 bridgehead atoms. The maximum atomic E-state index is 6.77. The fourth-order valence-corrected chi connectivity index (χ4v) is 9.53. The highest BCUT2D eigenvalue weighted by Gasteiger charge is 2.46. The molecule has 0 atom stereocenters. The molecule has 0 N–H and O–H groups in total. The monoisotopic (exact) mass is 765 g/mol. The van der Waals surface area contributed by atoms with E-state index in [1.807, 2.05) is 24.3 Å². The molecule has 0 radical (unpaired) electrons. The molecular formula is C56H35N3O. The number of hydrogen-bond donors (Lipinski definition) is 0. The van der Waals surface area contributed by atoms with Crippen LogP contribution in [0.3, 0.4) is 0 Å². The van der Waals surface area contributed by atoms with Crippen LogP contribution in [0, 0.1) is 0 Å². The van der Waals surface area contributed by atoms with Crippen molar-refractivity contribution in [1.29, 1.82) is 0 Å². The van der Waals surface area contributed by atoms with E-state index < -0.39 is 5.41 Å². The second-order valence-electron chi connectivity index (χ2n) is 15.5. The van der Waals surface area contributed by atoms with E-state index in [4.69, 9.17) is 19.4 Å². The standard InChI is InChI=1S/C56H35N3O/c1-5-16-36(17-6-1)39-30-33-50-47(34-39)45-32-28-37-20-15-26-46(51(37)52(45)60-50)55-58-53(38-18-7-2-8-19-38)57-54(59-55)40-29-31-44-43-25-13-14-27-48(43)56(49(44)35-40,41-21-9-3-10-22-41)42-23-11-4-12-24-42/h1-35H. The summed E-state index contributed by atoms with van der Waals surface area (Å²) in [5.41, 5.74) is 13.5. The van der Waals surface area contributed by atoms with E-state index in [9.17, 15) is 0 Å². The molecule has 12 rings (SSSR count). The van der Waals surface area contributed by atoms with E-state index in [2.05, 4.69) is 188 Å². The van der Waals surface area contributed by atoms with Gasteiger partial charge < -0.3 is 4.42 Å². The predicted molar refractivity (Wildman–Crippen MR) is 244 cm³/mol. The highest BCUT2D eigenvalue weighted by molar-refractivity contribution is 6.19. The molecule has 2 aromatic heterocycles. The van der Waals surface area contributed by atoms with Crippen molar-refractivity contribution < 1.29 is 4.42 Å². The summed E-state index contributed by atoms with van der Waals surface area (Å²) in [5, 5.41) is 4.15. The van der Waals surface area contributed by atoms with Crippen molar-refractivity contribution in [3.05, 3.63) is 235 Å². The summed E-state index contributed by atoms with van der Waals surface area (Å²) >= 11 is 0. The lowest BCUT2D eigenvalue weighted by Gasteiger charge is -2.34. The largest absolute Gasteiger partial charge is 0.455 e. The van der Waals surface area contributed by atoms with E-state index in [0.29, 0.717) is 17.5 Å². The van der Waals surface area contributed by atoms with Crippen molar-refractivity contribution >= 4 is 32.7 Å². The third-order valence-electron chi connectivity index (χ3n) is 12.2. The van der Waals surface area contributed by atoms with Gasteiger partial charge in [-0.3, -0.25) is 0 Å². The molecule has 0 saturated carbocycles. The Bertz CT molecular complexity index is 3370. The van der Waals surface area contributed by atoms with Crippen LogP contribution >= 0.6 is 0 Å². The van der Waals surface area contributed by atoms with Gasteiger partial charge in [-0.25, -0.2) is 15.0 Å². The lowest BCUT2D eigenvalue weighted by molar-refractivity contribution is 0.673. The first kappa shape index (κ1) is 34.1. The van der Waals surface area contributed by atoms with Crippen LogP contribution in [0.2, 0.25) is 0 Å². The zero-order valence-corrected chi connectivity index (χ0v) is 32.5. The van der Waals surface area contributed by atoms with Crippen molar-refractivity contribution in [3.63, 3.8) is 0 Å². The van der Waals surface area contributed by atoms with Gasteiger partial charge in [0.1, 0.15) is 11.2 Å². The first-order chi connectivity index (χ1) is 29.7. The number of fused-ring (bicyclic) bond motifs is 8. The number of furan rings is 1. The summed E-state index contributed by atoms with van der Waals surface area (Å²) in [6.07, 6.45) is 0. The normalized spacial score (nSPS) is 12.8. The van der Waals surface area contributed by atoms with Crippen LogP contribution in [0.5, 0.6) is 0 Å². The van der Waals surface area contributed by atoms with Crippen molar-refractivity contribution in [1.82, 2.24) is 15.0 Å². The quantitative estimate of drug-likeness (QED) is 0.169. The van der Waals surface area contributed by atoms with E-state index in [-0.39, 0.29) is 0 Å². The molecule has 4 nitrogen and oxygen atoms in total. The highest BCUT2D eigenvalue weighted by atomic mass is 16.3. The zero-order valence-electron chi connectivity index (χ0n) is 32.5. The molecule has 0 fully saturated rings. The second-order valence-corrected chi connectivity index (χ2v) is 15.5. The van der Waals surface area contributed by atoms with E-state index >= 15 is 0 Å². The van der Waals surface area contributed by atoms with Gasteiger partial charge in [0.25, 0.3) is 0 Å². The van der Waals surface area contributed by atoms with E-state index in [0.717, 1.165) is 55.0 Å². The second kappa shape index (κ2) is 13.6. The molecule has 60 heavy (non-hydrogen) atoms. The third kappa shape index (κ3) is 5.21. The van der Waals surface area contributed by atoms with Gasteiger partial charge in [-0.1, -0.05) is 188 Å². The van der Waals surface area contributed by atoms with Crippen molar-refractivity contribution in [2.24, 2.45) is 0 Å². The Kier molecular flexibility index (Phi) is 7.72. The number of aromatic nitrogens is 3. The van der Waals surface area contributed by atoms with Crippen LogP contribution in [-0.4, -0.2) is 15.0 Å². The SMILES string of the molecule is c1ccc(-c2ccc3oc4c(ccc5cccc(-c6nc(-c7ccccc7)nc(-c7ccc8c(c7)C(c7ccccc7)(c7ccccc7)c7ccccc7-8)n6)c54)c3c2)cc1. The van der Waals surface area contributed by atoms with E-state index in [1.165, 1.54) is 38.9 Å². The lowest BCUT2D eigenvalue weighted by atomic mass is 9.67. The van der Waals surface area contributed by atoms with Crippen molar-refractivity contribution in [2.45, 2.75) is 5.41 Å². The first-order valence-corrected chi connectivity index (χ1v) is 20.4. The molecule has 0 spiro atoms. The molecule has 0 amide bonds. The average Bonchev–Trinajstić information content (AvgIpc) is 3.86. The van der Waals surface area contributed by atoms with Gasteiger partial charge in [0.05, 0.1) is 5.41 Å². The van der Waals surface area contributed by atoms with Gasteiger partial charge in [0.15, 0.2) is 17.5 Å². The van der Waals surface area contributed by atoms with Gasteiger partial charge in [-0.05, 0) is 74.2 Å². The van der Waals surface area contributed by atoms with Crippen LogP contribution in [0.25, 0.3) is 89.1 Å². The van der Waals surface area contributed by atoms with Gasteiger partial charge in [0, 0.05) is 32.8 Å². The maximum Gasteiger partial charge on any atom is 0.164 e. The molecule has 0 unspecified atom stereocenters. The van der Waals surface area contributed by atoms with Crippen molar-refractivity contribution in [2.75, 3.05) is 0 Å². The van der Waals surface area contributed by atoms with Gasteiger partial charge in [0.2, 0.25) is 0 Å². The predicted octanol–water partition coefficient (Wildman–Crippen LogP) is 14.0. The Morgan fingerprint density at radius 3 is 1.67 bits per heavy atom. The van der Waals surface area contributed by atoms with Crippen LogP contribution in [-0.2, 0) is 5.41 Å². The molecule has 4 heteroatoms. The average molecular weight is 766 g/mol. The molecule has 11 aromatic rings. The van der Waals surface area contributed by atoms with Crippen LogP contribution in [0.4, 0.5) is 0 Å². The molecule has 280 valence electrons. The number of hydrogen-bond acceptors (Lipinski definition) is 4. The Hall–Kier alpha value is -7.95. The van der Waals surface area contributed by atoms with Gasteiger partial charge in [-0.15, -0.1) is 0 Å². The zero-order chi connectivity index (χ0) is 39.6. The number of rotatable bonds is 6. The highest BCUT2D eigenvalue weighted by Crippen LogP contribution is 2.56. The molecule has 1 aliphatic rings. The molecular weight excluding hydrogens is 731 g/mol. The molecule has 1 aliphatic carbocycles. The maximum absolute atomic E-state index is 6.77. The van der Waals surface area contributed by atoms with Crippen LogP contribution in [0.15, 0.2) is 217 Å². The van der Waals surface area contributed by atoms with Crippen LogP contribution < -0.4 is 0 Å². The molecule has 0 saturated heterocycles. The molecule has 0 aliphatic heterocycles. The lowest BCUT2D eigenvalue weighted by Crippen LogP contribution is -2.28. The summed E-state index contributed by atoms with van der Waals surface area (Å²) in [4.78, 5) is 15.8. The van der Waals surface area contributed by atoms with Gasteiger partial charge in [-0.2, -0.15) is 0 Å². The summed E-state index contributed by atoms with van der Waals surface area (Å²) in [5.74, 6) is 1.80. The summed E-state index contributed by atoms with van der Waals surface area (Å²) in [6.45, 7) is 0. The molecule has 2 heterocycles. The Balaban J connectivity index is 1.10. The Morgan fingerprint density at radius 2 is 0.933 bits per heavy atom. The third-order valence-corrected chi connectivity index (χ3v) is 12.2. The Morgan fingerprint density at radius 1 is 0.350 bits per heavy atom. The summed E-state index contributed by atoms with van der Waals surface area (Å²) < 4.78 is 6.77. The van der Waals surface area contributed by atoms with Gasteiger partial charge >= 0.3 is 0 Å². The topological polar surface area (TPSA) is 51.8 Å². The number of benzene rings is 9. The smallest absolute Gasteiger partial charge is 0.164 e. The minimum atomic E-state index is -0.550. The van der Waals surface area contributed by atoms with E-state index in [1.54, 1.807) is 0 Å². The van der Waals surface area contributed by atoms with Crippen LogP contribution in [0.1, 0.15) is 22.3 Å². The number of nitrogens with zero attached hydrogens (tertiary/aromatic N) is 3. The molecule has 9 aromatic carbocycles. The fourth-order valence-electron chi connectivity index (χ4n) is 9.53. The summed E-state index contributed by atoms with van der Waals surface area (Å²) in [6, 6.07) is 75.1. The summed E-state index contributed by atoms with van der Waals surface area (Å²) in [7, 11) is 0. The Labute approximate surface area is 347 Å². The minimum Gasteiger partial charge on any atom is -0.455 e. The first-order valence-electron chi connectivity index (χ1n) is 20.4.